The largest absolute Gasteiger partial charge is 0.344 e. The average Bonchev–Trinajstić information content (AvgIpc) is 1.63. The van der Waals surface area contributed by atoms with Crippen LogP contribution in [0.1, 0.15) is 562 Å². The molecule has 5 saturated heterocycles. The molecular formula is C129H227N3O6. The molecule has 9 heteroatoms. The van der Waals surface area contributed by atoms with Crippen LogP contribution >= 0.6 is 0 Å². The van der Waals surface area contributed by atoms with E-state index in [4.69, 9.17) is 28.4 Å². The lowest BCUT2D eigenvalue weighted by Gasteiger charge is -2.31. The Morgan fingerprint density at radius 3 is 0.783 bits per heavy atom. The van der Waals surface area contributed by atoms with E-state index in [1.54, 1.807) is 22.3 Å². The van der Waals surface area contributed by atoms with Gasteiger partial charge in [-0.15, -0.1) is 0 Å². The highest BCUT2D eigenvalue weighted by atomic mass is 16.8. The molecule has 1 saturated carbocycles. The van der Waals surface area contributed by atoms with Crippen molar-refractivity contribution >= 4 is 0 Å². The van der Waals surface area contributed by atoms with Gasteiger partial charge in [0.25, 0.3) is 0 Å². The van der Waals surface area contributed by atoms with Crippen LogP contribution in [-0.4, -0.2) is 129 Å². The van der Waals surface area contributed by atoms with Crippen LogP contribution in [0.15, 0.2) is 144 Å². The molecule has 0 N–H and O–H groups in total. The summed E-state index contributed by atoms with van der Waals surface area (Å²) < 4.78 is 42.3. The number of ether oxygens (including phenoxy) is 6. The van der Waals surface area contributed by atoms with Gasteiger partial charge >= 0.3 is 0 Å². The van der Waals surface area contributed by atoms with Crippen molar-refractivity contribution in [2.75, 3.05) is 54.4 Å². The quantitative estimate of drug-likeness (QED) is 0.0337. The number of rotatable bonds is 93. The molecule has 0 aromatic carbocycles. The Morgan fingerprint density at radius 1 is 0.239 bits per heavy atom. The Hall–Kier alpha value is -3.48. The average molecular weight is 1920 g/mol. The number of unbranched alkanes of at least 4 members (excludes halogenated alkanes) is 52. The molecule has 6 rings (SSSR count). The second-order valence-electron chi connectivity index (χ2n) is 44.4. The summed E-state index contributed by atoms with van der Waals surface area (Å²) in [6, 6.07) is 0.551. The fourth-order valence-electron chi connectivity index (χ4n) is 22.5. The summed E-state index contributed by atoms with van der Waals surface area (Å²) in [5.74, 6) is -1.14. The zero-order valence-electron chi connectivity index (χ0n) is 93.0. The van der Waals surface area contributed by atoms with Crippen molar-refractivity contribution in [1.82, 2.24) is 14.7 Å². The minimum Gasteiger partial charge on any atom is -0.344 e. The Kier molecular flexibility index (Phi) is 74.6. The lowest BCUT2D eigenvalue weighted by molar-refractivity contribution is -0.193. The molecule has 794 valence electrons. The topological polar surface area (TPSA) is 65.1 Å². The third kappa shape index (κ3) is 58.8. The lowest BCUT2D eigenvalue weighted by atomic mass is 9.93. The van der Waals surface area contributed by atoms with Crippen molar-refractivity contribution in [3.05, 3.63) is 144 Å². The molecule has 0 aromatic heterocycles. The first-order chi connectivity index (χ1) is 67.9. The van der Waals surface area contributed by atoms with E-state index in [0.29, 0.717) is 6.04 Å². The maximum absolute atomic E-state index is 7.22. The minimum atomic E-state index is -0.407. The Balaban J connectivity index is 0.943. The number of likely N-dealkylation sites (tertiary alicyclic amines) is 2. The van der Waals surface area contributed by atoms with Crippen LogP contribution in [0.25, 0.3) is 0 Å². The van der Waals surface area contributed by atoms with Crippen LogP contribution in [0.3, 0.4) is 0 Å². The lowest BCUT2D eigenvalue weighted by Crippen LogP contribution is -2.43. The molecule has 0 bridgehead atoms. The summed E-state index contributed by atoms with van der Waals surface area (Å²) in [6.07, 6.45) is 152. The van der Waals surface area contributed by atoms with E-state index in [-0.39, 0.29) is 48.2 Å². The molecule has 4 unspecified atom stereocenters. The van der Waals surface area contributed by atoms with Gasteiger partial charge in [-0.2, -0.15) is 0 Å². The summed E-state index contributed by atoms with van der Waals surface area (Å²) in [5, 5.41) is 0. The molecule has 6 aliphatic rings. The van der Waals surface area contributed by atoms with Crippen molar-refractivity contribution < 1.29 is 28.4 Å². The van der Waals surface area contributed by atoms with Crippen LogP contribution in [-0.2, 0) is 28.4 Å². The molecule has 5 heterocycles. The smallest absolute Gasteiger partial charge is 0.169 e. The first-order valence-corrected chi connectivity index (χ1v) is 61.0. The third-order valence-electron chi connectivity index (χ3n) is 31.3. The SMILES string of the molecule is CCCCC/C=C\C/C=C\CCCCCCCCC1(CCCCCCCC/C=C(C/C=C\CCCCC)/C(=C/C/C=C\CCCCC)CCCCCCCCC2(CCCCCCCCC(=C\C/C=C\CCCCC)/C(=C/CCCCCCCCC3(CCCCCCCC/C=C\C/C=C\CCCCC)O[C@H]4CN(C)C[C@H]4O3)C/C=C\CCCCC)O[C@H]3CC(N(C)C)C[C@H]3O2)O[C@H]2CCN(C)C[C@H]2O1. The summed E-state index contributed by atoms with van der Waals surface area (Å²) in [6.45, 7) is 18.0. The van der Waals surface area contributed by atoms with Crippen molar-refractivity contribution in [2.45, 2.75) is 622 Å². The number of fused-ring (bicyclic) bond motifs is 3. The van der Waals surface area contributed by atoms with E-state index in [0.717, 1.165) is 122 Å². The number of likely N-dealkylation sites (N-methyl/N-ethyl adjacent to an activating group) is 2. The van der Waals surface area contributed by atoms with Gasteiger partial charge in [-0.1, -0.05) is 394 Å². The van der Waals surface area contributed by atoms with E-state index >= 15 is 0 Å². The van der Waals surface area contributed by atoms with Crippen molar-refractivity contribution in [3.63, 3.8) is 0 Å². The normalized spacial score (nSPS) is 23.3. The monoisotopic (exact) mass is 1910 g/mol. The number of piperidine rings is 1. The predicted molar refractivity (Wildman–Crippen MR) is 603 cm³/mol. The van der Waals surface area contributed by atoms with Gasteiger partial charge in [-0.05, 0) is 301 Å². The second kappa shape index (κ2) is 83.6. The highest BCUT2D eigenvalue weighted by Crippen LogP contribution is 2.47. The Bertz CT molecular complexity index is 3220. The van der Waals surface area contributed by atoms with Gasteiger partial charge in [-0.3, -0.25) is 0 Å². The van der Waals surface area contributed by atoms with Gasteiger partial charge in [0.05, 0.1) is 24.4 Å². The zero-order valence-corrected chi connectivity index (χ0v) is 93.0. The van der Waals surface area contributed by atoms with E-state index < -0.39 is 5.79 Å². The second-order valence-corrected chi connectivity index (χ2v) is 44.4. The number of hydrogen-bond acceptors (Lipinski definition) is 9. The number of allylic oxidation sites excluding steroid dienone is 24. The maximum atomic E-state index is 7.22. The molecule has 0 amide bonds. The fraction of sp³-hybridized carbons (Fsp3) is 0.814. The highest BCUT2D eigenvalue weighted by Gasteiger charge is 2.53. The van der Waals surface area contributed by atoms with Gasteiger partial charge in [0.1, 0.15) is 12.2 Å². The van der Waals surface area contributed by atoms with E-state index in [1.165, 1.54) is 424 Å². The van der Waals surface area contributed by atoms with Crippen LogP contribution in [0.5, 0.6) is 0 Å². The van der Waals surface area contributed by atoms with Gasteiger partial charge in [0.2, 0.25) is 0 Å². The highest BCUT2D eigenvalue weighted by molar-refractivity contribution is 5.34. The number of hydrogen-bond donors (Lipinski definition) is 0. The summed E-state index contributed by atoms with van der Waals surface area (Å²) in [7, 11) is 8.97. The van der Waals surface area contributed by atoms with Crippen LogP contribution in [0.2, 0.25) is 0 Å². The summed E-state index contributed by atoms with van der Waals surface area (Å²) in [5.41, 5.74) is 6.47. The van der Waals surface area contributed by atoms with Crippen molar-refractivity contribution in [3.8, 4) is 0 Å². The van der Waals surface area contributed by atoms with Gasteiger partial charge < -0.3 is 43.1 Å². The number of nitrogens with zero attached hydrogens (tertiary/aromatic N) is 3. The molecule has 9 nitrogen and oxygen atoms in total. The Morgan fingerprint density at radius 2 is 0.478 bits per heavy atom. The third-order valence-corrected chi connectivity index (χ3v) is 31.3. The molecule has 138 heavy (non-hydrogen) atoms. The van der Waals surface area contributed by atoms with Crippen molar-refractivity contribution in [2.24, 2.45) is 0 Å². The zero-order chi connectivity index (χ0) is 98.1. The first kappa shape index (κ1) is 123. The first-order valence-electron chi connectivity index (χ1n) is 61.0. The van der Waals surface area contributed by atoms with Gasteiger partial charge in [0, 0.05) is 70.7 Å². The maximum Gasteiger partial charge on any atom is 0.169 e. The predicted octanol–water partition coefficient (Wildman–Crippen LogP) is 39.1. The summed E-state index contributed by atoms with van der Waals surface area (Å²) >= 11 is 0. The minimum absolute atomic E-state index is 0.233. The van der Waals surface area contributed by atoms with Crippen molar-refractivity contribution in [1.29, 1.82) is 0 Å². The van der Waals surface area contributed by atoms with Gasteiger partial charge in [0.15, 0.2) is 17.4 Å². The molecule has 0 spiro atoms. The van der Waals surface area contributed by atoms with E-state index in [2.05, 4.69) is 206 Å². The molecular weight excluding hydrogens is 1690 g/mol. The van der Waals surface area contributed by atoms with Crippen LogP contribution in [0, 0.1) is 0 Å². The van der Waals surface area contributed by atoms with E-state index in [9.17, 15) is 0 Å². The Labute approximate surface area is 857 Å². The molecule has 0 radical (unpaired) electrons. The van der Waals surface area contributed by atoms with Gasteiger partial charge in [-0.25, -0.2) is 0 Å². The van der Waals surface area contributed by atoms with Crippen LogP contribution < -0.4 is 0 Å². The van der Waals surface area contributed by atoms with E-state index in [1.807, 2.05) is 0 Å². The summed E-state index contributed by atoms with van der Waals surface area (Å²) in [4.78, 5) is 7.25. The molecule has 10 atom stereocenters. The molecule has 5 aliphatic heterocycles. The van der Waals surface area contributed by atoms with Crippen LogP contribution in [0.4, 0.5) is 0 Å². The fourth-order valence-corrected chi connectivity index (χ4v) is 22.5. The molecule has 0 aromatic rings. The molecule has 6 fully saturated rings. The molecule has 1 aliphatic carbocycles. The standard InChI is InChI=1S/C129H227N3O6/c1-11-17-23-29-35-37-39-41-43-45-47-49-51-61-75-89-104-127(133-121-103-110-131(9)113-124(121)136-127)105-90-77-63-53-57-71-85-99-116(95-81-67-33-27-21-15-5)118(97-83-69-55-31-25-19-13-3)101-87-73-59-65-79-91-106-128(134-122-111-120(130(7)8)112-123(122)135-128)107-92-80-66-60-74-88-102-119(98-84-70-56-32-26-20-14-4)117(96-82-68-34-28-22-16-6)100-86-72-58-54-64-78-94-109-129(137-125-114-132(10)115-126(125)138-129)108-93-76-62-52-50-48-46-44-42-40-38-36-30-24-18-12-2/h35-38,41-44,55-56,67-70,81-82,97-100,120-126H,11-34,39-40,45-54,57-66,71-80,83-96,101-115H2,1-10H3/b37-35-,38-36-,43-41-,44-42-,69-55-,70-56-,81-67-,82-68-,116-99+,117-100+,118-97+,119-98+/t120?,121-,122-,123+,124+,125-,126+,127?,128?,129?/m0/s1.